The summed E-state index contributed by atoms with van der Waals surface area (Å²) in [5, 5.41) is 4.12. The van der Waals surface area contributed by atoms with Crippen LogP contribution in [0.2, 0.25) is 5.15 Å². The summed E-state index contributed by atoms with van der Waals surface area (Å²) >= 11 is 6.03. The third-order valence-electron chi connectivity index (χ3n) is 3.83. The van der Waals surface area contributed by atoms with Gasteiger partial charge in [0.2, 0.25) is 5.95 Å². The number of benzene rings is 1. The number of nitrogens with zero attached hydrogens (tertiary/aromatic N) is 3. The smallest absolute Gasteiger partial charge is 0.405 e. The Kier molecular flexibility index (Phi) is 8.02. The third-order valence-corrected chi connectivity index (χ3v) is 4.10. The van der Waals surface area contributed by atoms with E-state index in [9.17, 15) is 22.0 Å². The molecule has 2 N–H and O–H groups in total. The van der Waals surface area contributed by atoms with Gasteiger partial charge in [0.05, 0.1) is 17.7 Å². The molecule has 1 aromatic carbocycles. The van der Waals surface area contributed by atoms with Crippen molar-refractivity contribution in [2.24, 2.45) is 0 Å². The summed E-state index contributed by atoms with van der Waals surface area (Å²) in [6.07, 6.45) is -3.95. The Morgan fingerprint density at radius 2 is 1.73 bits per heavy atom. The number of halogens is 6. The number of aromatic nitrogens is 2. The first-order valence-electron chi connectivity index (χ1n) is 8.84. The Labute approximate surface area is 175 Å². The van der Waals surface area contributed by atoms with Gasteiger partial charge in [0.1, 0.15) is 34.9 Å². The highest BCUT2D eigenvalue weighted by Crippen LogP contribution is 2.38. The monoisotopic (exact) mass is 453 g/mol. The van der Waals surface area contributed by atoms with Crippen LogP contribution in [-0.2, 0) is 0 Å². The van der Waals surface area contributed by atoms with Gasteiger partial charge in [-0.25, -0.2) is 13.8 Å². The lowest BCUT2D eigenvalue weighted by Crippen LogP contribution is -2.22. The van der Waals surface area contributed by atoms with E-state index in [1.54, 1.807) is 0 Å². The molecule has 30 heavy (non-hydrogen) atoms. The molecule has 0 atom stereocenters. The molecular weight excluding hydrogens is 433 g/mol. The maximum absolute atomic E-state index is 14.7. The van der Waals surface area contributed by atoms with Crippen LogP contribution in [0.1, 0.15) is 6.42 Å². The Morgan fingerprint density at radius 1 is 1.10 bits per heavy atom. The highest BCUT2D eigenvalue weighted by molar-refractivity contribution is 6.32. The van der Waals surface area contributed by atoms with Gasteiger partial charge in [0, 0.05) is 25.7 Å². The van der Waals surface area contributed by atoms with E-state index in [2.05, 4.69) is 15.3 Å². The molecule has 0 spiro atoms. The second-order valence-electron chi connectivity index (χ2n) is 6.55. The van der Waals surface area contributed by atoms with Crippen LogP contribution in [0.15, 0.2) is 12.1 Å². The van der Waals surface area contributed by atoms with E-state index in [4.69, 9.17) is 16.3 Å². The van der Waals surface area contributed by atoms with E-state index in [0.717, 1.165) is 18.7 Å². The molecule has 1 aromatic heterocycles. The zero-order chi connectivity index (χ0) is 22.5. The van der Waals surface area contributed by atoms with Crippen LogP contribution in [0.5, 0.6) is 5.75 Å². The van der Waals surface area contributed by atoms with Crippen molar-refractivity contribution in [1.29, 1.82) is 0 Å². The van der Waals surface area contributed by atoms with E-state index in [0.29, 0.717) is 6.42 Å². The van der Waals surface area contributed by atoms with Crippen molar-refractivity contribution in [2.45, 2.75) is 12.6 Å². The molecule has 0 saturated heterocycles. The van der Waals surface area contributed by atoms with E-state index in [1.165, 1.54) is 7.05 Å². The molecule has 0 unspecified atom stereocenters. The number of ether oxygens (including phenoxy) is 1. The summed E-state index contributed by atoms with van der Waals surface area (Å²) in [5.74, 6) is -2.78. The Balaban J connectivity index is 2.39. The minimum absolute atomic E-state index is 0.0545. The molecule has 0 aliphatic heterocycles. The molecule has 0 aliphatic carbocycles. The van der Waals surface area contributed by atoms with E-state index in [-0.39, 0.29) is 18.3 Å². The number of alkyl halides is 3. The van der Waals surface area contributed by atoms with Crippen molar-refractivity contribution in [3.8, 4) is 16.9 Å². The molecule has 1 heterocycles. The lowest BCUT2D eigenvalue weighted by Gasteiger charge is -2.17. The fourth-order valence-corrected chi connectivity index (χ4v) is 2.79. The van der Waals surface area contributed by atoms with Crippen LogP contribution in [0.3, 0.4) is 0 Å². The van der Waals surface area contributed by atoms with E-state index < -0.39 is 46.5 Å². The van der Waals surface area contributed by atoms with Gasteiger partial charge >= 0.3 is 6.18 Å². The van der Waals surface area contributed by atoms with Crippen molar-refractivity contribution < 1.29 is 26.7 Å². The van der Waals surface area contributed by atoms with Gasteiger partial charge in [-0.05, 0) is 20.5 Å². The molecule has 0 bridgehead atoms. The lowest BCUT2D eigenvalue weighted by molar-refractivity contribution is -0.115. The van der Waals surface area contributed by atoms with Gasteiger partial charge < -0.3 is 20.3 Å². The number of hydrogen-bond donors (Lipinski definition) is 2. The van der Waals surface area contributed by atoms with E-state index >= 15 is 0 Å². The summed E-state index contributed by atoms with van der Waals surface area (Å²) < 4.78 is 72.8. The predicted octanol–water partition coefficient (Wildman–Crippen LogP) is 4.42. The average Bonchev–Trinajstić information content (AvgIpc) is 2.63. The van der Waals surface area contributed by atoms with Crippen LogP contribution in [0, 0.1) is 11.6 Å². The summed E-state index contributed by atoms with van der Waals surface area (Å²) in [5.41, 5.74) is -1.08. The number of nitrogens with one attached hydrogen (secondary N) is 2. The lowest BCUT2D eigenvalue weighted by atomic mass is 10.1. The normalized spacial score (nSPS) is 11.7. The highest BCUT2D eigenvalue weighted by atomic mass is 35.5. The van der Waals surface area contributed by atoms with Gasteiger partial charge in [-0.15, -0.1) is 0 Å². The van der Waals surface area contributed by atoms with Crippen molar-refractivity contribution >= 4 is 23.4 Å². The second-order valence-corrected chi connectivity index (χ2v) is 6.91. The van der Waals surface area contributed by atoms with Crippen LogP contribution in [0.4, 0.5) is 33.7 Å². The topological polar surface area (TPSA) is 62.3 Å². The van der Waals surface area contributed by atoms with Crippen molar-refractivity contribution in [1.82, 2.24) is 14.9 Å². The third kappa shape index (κ3) is 6.56. The molecular formula is C18H21ClF5N5O. The summed E-state index contributed by atoms with van der Waals surface area (Å²) in [4.78, 5) is 9.56. The van der Waals surface area contributed by atoms with Gasteiger partial charge in [0.25, 0.3) is 0 Å². The van der Waals surface area contributed by atoms with Crippen LogP contribution < -0.4 is 15.4 Å². The van der Waals surface area contributed by atoms with Crippen molar-refractivity contribution in [3.63, 3.8) is 0 Å². The second kappa shape index (κ2) is 10.1. The first-order chi connectivity index (χ1) is 14.0. The maximum Gasteiger partial charge on any atom is 0.405 e. The standard InChI is InChI=1S/C18H21ClF5N5O/c1-25-17-27-15(19)14(16(28-17)26-9-18(22,23)24)13-11(20)7-10(8-12(13)21)30-6-4-5-29(2)3/h7-8H,4-6,9H2,1-3H3,(H2,25,26,27,28). The number of anilines is 2. The molecule has 6 nitrogen and oxygen atoms in total. The van der Waals surface area contributed by atoms with Crippen molar-refractivity contribution in [3.05, 3.63) is 28.9 Å². The van der Waals surface area contributed by atoms with Crippen LogP contribution >= 0.6 is 11.6 Å². The van der Waals surface area contributed by atoms with Crippen molar-refractivity contribution in [2.75, 3.05) is 51.5 Å². The zero-order valence-corrected chi connectivity index (χ0v) is 17.3. The van der Waals surface area contributed by atoms with Gasteiger partial charge in [-0.3, -0.25) is 0 Å². The molecule has 2 rings (SSSR count). The highest BCUT2D eigenvalue weighted by Gasteiger charge is 2.29. The molecule has 0 saturated carbocycles. The molecule has 0 amide bonds. The molecule has 0 fully saturated rings. The predicted molar refractivity (Wildman–Crippen MR) is 105 cm³/mol. The molecule has 0 aliphatic rings. The van der Waals surface area contributed by atoms with Crippen LogP contribution in [-0.4, -0.2) is 61.9 Å². The molecule has 2 aromatic rings. The quantitative estimate of drug-likeness (QED) is 0.333. The minimum Gasteiger partial charge on any atom is -0.493 e. The fraction of sp³-hybridized carbons (Fsp3) is 0.444. The van der Waals surface area contributed by atoms with Gasteiger partial charge in [-0.2, -0.15) is 18.2 Å². The first kappa shape index (κ1) is 23.9. The summed E-state index contributed by atoms with van der Waals surface area (Å²) in [7, 11) is 5.18. The number of rotatable bonds is 9. The fourth-order valence-electron chi connectivity index (χ4n) is 2.52. The maximum atomic E-state index is 14.7. The van der Waals surface area contributed by atoms with Gasteiger partial charge in [0.15, 0.2) is 0 Å². The average molecular weight is 454 g/mol. The molecule has 166 valence electrons. The zero-order valence-electron chi connectivity index (χ0n) is 16.5. The Hall–Kier alpha value is -2.40. The first-order valence-corrected chi connectivity index (χ1v) is 9.22. The number of hydrogen-bond acceptors (Lipinski definition) is 6. The van der Waals surface area contributed by atoms with E-state index in [1.807, 2.05) is 24.3 Å². The Bertz CT molecular complexity index is 856. The summed E-state index contributed by atoms with van der Waals surface area (Å²) in [6.45, 7) is -0.523. The molecule has 12 heteroatoms. The largest absolute Gasteiger partial charge is 0.493 e. The minimum atomic E-state index is -4.59. The van der Waals surface area contributed by atoms with Crippen LogP contribution in [0.25, 0.3) is 11.1 Å². The molecule has 0 radical (unpaired) electrons. The summed E-state index contributed by atoms with van der Waals surface area (Å²) in [6, 6.07) is 1.87. The Morgan fingerprint density at radius 3 is 2.27 bits per heavy atom. The SMILES string of the molecule is CNc1nc(Cl)c(-c2c(F)cc(OCCCN(C)C)cc2F)c(NCC(F)(F)F)n1. The van der Waals surface area contributed by atoms with Gasteiger partial charge in [-0.1, -0.05) is 11.6 Å².